The molecule has 2 saturated heterocycles. The third kappa shape index (κ3) is 2.44. The number of nitro groups is 1. The predicted molar refractivity (Wildman–Crippen MR) is 73.5 cm³/mol. The van der Waals surface area contributed by atoms with Gasteiger partial charge in [0.1, 0.15) is 0 Å². The van der Waals surface area contributed by atoms with E-state index < -0.39 is 4.92 Å². The molecule has 0 unspecified atom stereocenters. The zero-order valence-electron chi connectivity index (χ0n) is 10.9. The van der Waals surface area contributed by atoms with E-state index in [0.717, 1.165) is 26.2 Å². The van der Waals surface area contributed by atoms with E-state index in [-0.39, 0.29) is 11.7 Å². The second-order valence-corrected chi connectivity index (χ2v) is 5.32. The highest BCUT2D eigenvalue weighted by Gasteiger charge is 2.38. The van der Waals surface area contributed by atoms with Crippen LogP contribution >= 0.6 is 0 Å². The maximum atomic E-state index is 12.1. The van der Waals surface area contributed by atoms with Gasteiger partial charge in [0.25, 0.3) is 5.69 Å². The highest BCUT2D eigenvalue weighted by molar-refractivity contribution is 5.89. The van der Waals surface area contributed by atoms with E-state index in [4.69, 9.17) is 0 Å². The third-order valence-electron chi connectivity index (χ3n) is 4.01. The van der Waals surface area contributed by atoms with Crippen molar-refractivity contribution in [3.05, 3.63) is 34.4 Å². The van der Waals surface area contributed by atoms with Crippen molar-refractivity contribution >= 4 is 17.4 Å². The minimum atomic E-state index is -0.458. The van der Waals surface area contributed by atoms with Crippen LogP contribution in [-0.2, 0) is 0 Å². The molecule has 0 aromatic heterocycles. The van der Waals surface area contributed by atoms with Crippen LogP contribution < -0.4 is 10.6 Å². The number of nitro benzene ring substituents is 1. The molecule has 2 N–H and O–H groups in total. The number of nitrogens with one attached hydrogen (secondary N) is 2. The third-order valence-corrected chi connectivity index (χ3v) is 4.01. The smallest absolute Gasteiger partial charge is 0.321 e. The Morgan fingerprint density at radius 2 is 1.85 bits per heavy atom. The van der Waals surface area contributed by atoms with E-state index in [0.29, 0.717) is 17.5 Å². The van der Waals surface area contributed by atoms with Crippen LogP contribution in [0.3, 0.4) is 0 Å². The molecule has 0 radical (unpaired) electrons. The standard InChI is InChI=1S/C13H16N4O3/c18-13(16-7-9-5-14-6-10(9)8-16)15-11-1-3-12(4-2-11)17(19)20/h1-4,9-10,14H,5-8H2,(H,15,18)/t9-,10+. The fourth-order valence-electron chi connectivity index (χ4n) is 2.89. The van der Waals surface area contributed by atoms with Gasteiger partial charge in [-0.2, -0.15) is 0 Å². The van der Waals surface area contributed by atoms with Crippen LogP contribution in [0.2, 0.25) is 0 Å². The summed E-state index contributed by atoms with van der Waals surface area (Å²) in [5.41, 5.74) is 0.598. The van der Waals surface area contributed by atoms with E-state index in [1.165, 1.54) is 12.1 Å². The number of hydrogen-bond donors (Lipinski definition) is 2. The number of non-ortho nitro benzene ring substituents is 1. The van der Waals surface area contributed by atoms with Crippen molar-refractivity contribution in [1.29, 1.82) is 0 Å². The SMILES string of the molecule is O=C(Nc1ccc([N+](=O)[O-])cc1)N1C[C@H]2CNC[C@H]2C1. The number of rotatable bonds is 2. The van der Waals surface area contributed by atoms with Gasteiger partial charge in [-0.3, -0.25) is 10.1 Å². The summed E-state index contributed by atoms with van der Waals surface area (Å²) in [5.74, 6) is 1.11. The van der Waals surface area contributed by atoms with Gasteiger partial charge in [-0.15, -0.1) is 0 Å². The average molecular weight is 276 g/mol. The van der Waals surface area contributed by atoms with Gasteiger partial charge in [0.2, 0.25) is 0 Å². The highest BCUT2D eigenvalue weighted by atomic mass is 16.6. The number of carbonyl (C=O) groups is 1. The first-order valence-corrected chi connectivity index (χ1v) is 6.64. The second kappa shape index (κ2) is 5.09. The van der Waals surface area contributed by atoms with Crippen LogP contribution in [0, 0.1) is 22.0 Å². The van der Waals surface area contributed by atoms with Gasteiger partial charge in [0.05, 0.1) is 4.92 Å². The summed E-state index contributed by atoms with van der Waals surface area (Å²) in [4.78, 5) is 24.0. The van der Waals surface area contributed by atoms with E-state index >= 15 is 0 Å². The monoisotopic (exact) mass is 276 g/mol. The Morgan fingerprint density at radius 3 is 2.40 bits per heavy atom. The van der Waals surface area contributed by atoms with Gasteiger partial charge >= 0.3 is 6.03 Å². The molecule has 20 heavy (non-hydrogen) atoms. The zero-order chi connectivity index (χ0) is 14.1. The molecule has 2 atom stereocenters. The molecule has 2 fully saturated rings. The molecule has 0 aliphatic carbocycles. The quantitative estimate of drug-likeness (QED) is 0.629. The number of fused-ring (bicyclic) bond motifs is 1. The van der Waals surface area contributed by atoms with Crippen LogP contribution in [0.15, 0.2) is 24.3 Å². The molecule has 2 heterocycles. The van der Waals surface area contributed by atoms with E-state index in [9.17, 15) is 14.9 Å². The molecule has 0 saturated carbocycles. The van der Waals surface area contributed by atoms with E-state index in [1.54, 1.807) is 12.1 Å². The summed E-state index contributed by atoms with van der Waals surface area (Å²) < 4.78 is 0. The summed E-state index contributed by atoms with van der Waals surface area (Å²) in [6.45, 7) is 3.50. The van der Waals surface area contributed by atoms with Gasteiger partial charge in [-0.1, -0.05) is 0 Å². The van der Waals surface area contributed by atoms with Crippen molar-refractivity contribution in [2.24, 2.45) is 11.8 Å². The number of nitrogens with zero attached hydrogens (tertiary/aromatic N) is 2. The first-order valence-electron chi connectivity index (χ1n) is 6.64. The molecule has 1 aromatic carbocycles. The van der Waals surface area contributed by atoms with Crippen LogP contribution in [-0.4, -0.2) is 42.0 Å². The minimum absolute atomic E-state index is 0.0183. The van der Waals surface area contributed by atoms with Crippen molar-refractivity contribution in [2.75, 3.05) is 31.5 Å². The lowest BCUT2D eigenvalue weighted by molar-refractivity contribution is -0.384. The fraction of sp³-hybridized carbons (Fsp3) is 0.462. The van der Waals surface area contributed by atoms with E-state index in [1.807, 2.05) is 4.90 Å². The van der Waals surface area contributed by atoms with E-state index in [2.05, 4.69) is 10.6 Å². The normalized spacial score (nSPS) is 24.5. The number of urea groups is 1. The Labute approximate surface area is 116 Å². The Kier molecular flexibility index (Phi) is 3.27. The summed E-state index contributed by atoms with van der Waals surface area (Å²) in [7, 11) is 0. The van der Waals surface area contributed by atoms with Gasteiger partial charge in [0.15, 0.2) is 0 Å². The van der Waals surface area contributed by atoms with Crippen LogP contribution in [0.5, 0.6) is 0 Å². The molecule has 7 heteroatoms. The van der Waals surface area contributed by atoms with Crippen molar-refractivity contribution in [2.45, 2.75) is 0 Å². The Balaban J connectivity index is 1.60. The minimum Gasteiger partial charge on any atom is -0.324 e. The van der Waals surface area contributed by atoms with Gasteiger partial charge in [0, 0.05) is 44.0 Å². The number of anilines is 1. The Hall–Kier alpha value is -2.15. The molecule has 106 valence electrons. The maximum Gasteiger partial charge on any atom is 0.321 e. The van der Waals surface area contributed by atoms with Crippen LogP contribution in [0.25, 0.3) is 0 Å². The number of hydrogen-bond acceptors (Lipinski definition) is 4. The molecule has 0 bridgehead atoms. The van der Waals surface area contributed by atoms with Crippen molar-refractivity contribution in [3.8, 4) is 0 Å². The maximum absolute atomic E-state index is 12.1. The van der Waals surface area contributed by atoms with Gasteiger partial charge < -0.3 is 15.5 Å². The molecular weight excluding hydrogens is 260 g/mol. The zero-order valence-corrected chi connectivity index (χ0v) is 10.9. The summed E-state index contributed by atoms with van der Waals surface area (Å²) in [5, 5.41) is 16.7. The lowest BCUT2D eigenvalue weighted by Gasteiger charge is -2.18. The fourth-order valence-corrected chi connectivity index (χ4v) is 2.89. The van der Waals surface area contributed by atoms with Crippen LogP contribution in [0.4, 0.5) is 16.2 Å². The van der Waals surface area contributed by atoms with Crippen molar-refractivity contribution in [1.82, 2.24) is 10.2 Å². The Morgan fingerprint density at radius 1 is 1.25 bits per heavy atom. The first-order chi connectivity index (χ1) is 9.63. The largest absolute Gasteiger partial charge is 0.324 e. The summed E-state index contributed by atoms with van der Waals surface area (Å²) in [6, 6.07) is 5.74. The molecular formula is C13H16N4O3. The summed E-state index contributed by atoms with van der Waals surface area (Å²) >= 11 is 0. The van der Waals surface area contributed by atoms with Gasteiger partial charge in [-0.25, -0.2) is 4.79 Å². The first kappa shape index (κ1) is 12.9. The number of likely N-dealkylation sites (tertiary alicyclic amines) is 1. The summed E-state index contributed by atoms with van der Waals surface area (Å²) in [6.07, 6.45) is 0. The molecule has 2 aliphatic rings. The Bertz CT molecular complexity index is 519. The molecule has 2 amide bonds. The molecule has 3 rings (SSSR count). The van der Waals surface area contributed by atoms with Crippen molar-refractivity contribution < 1.29 is 9.72 Å². The number of amides is 2. The number of benzene rings is 1. The molecule has 2 aliphatic heterocycles. The van der Waals surface area contributed by atoms with Gasteiger partial charge in [-0.05, 0) is 24.0 Å². The predicted octanol–water partition coefficient (Wildman–Crippen LogP) is 1.28. The molecule has 1 aromatic rings. The van der Waals surface area contributed by atoms with Crippen LogP contribution in [0.1, 0.15) is 0 Å². The average Bonchev–Trinajstić information content (AvgIpc) is 2.99. The highest BCUT2D eigenvalue weighted by Crippen LogP contribution is 2.26. The topological polar surface area (TPSA) is 87.5 Å². The molecule has 0 spiro atoms. The lowest BCUT2D eigenvalue weighted by atomic mass is 10.0. The number of carbonyl (C=O) groups excluding carboxylic acids is 1. The molecule has 7 nitrogen and oxygen atoms in total. The lowest BCUT2D eigenvalue weighted by Crippen LogP contribution is -2.35. The second-order valence-electron chi connectivity index (χ2n) is 5.32. The van der Waals surface area contributed by atoms with Crippen molar-refractivity contribution in [3.63, 3.8) is 0 Å².